The number of ether oxygens (including phenoxy) is 2. The third kappa shape index (κ3) is 4.65. The highest BCUT2D eigenvalue weighted by molar-refractivity contribution is 5.95. The number of rotatable bonds is 6. The normalized spacial score (nSPS) is 21.0. The zero-order valence-corrected chi connectivity index (χ0v) is 18.0. The Bertz CT molecular complexity index is 930. The van der Waals surface area contributed by atoms with Crippen LogP contribution in [-0.4, -0.2) is 65.1 Å². The van der Waals surface area contributed by atoms with Crippen LogP contribution in [0.5, 0.6) is 11.5 Å². The summed E-state index contributed by atoms with van der Waals surface area (Å²) in [5.41, 5.74) is 0.965. The molecule has 0 radical (unpaired) electrons. The van der Waals surface area contributed by atoms with Crippen LogP contribution in [0.25, 0.3) is 0 Å². The Morgan fingerprint density at radius 1 is 1.03 bits per heavy atom. The van der Waals surface area contributed by atoms with Gasteiger partial charge >= 0.3 is 0 Å². The molecular formula is C22H29N5O4. The molecule has 1 aliphatic heterocycles. The topological polar surface area (TPSA) is 98.6 Å². The number of benzene rings is 1. The Kier molecular flexibility index (Phi) is 6.39. The molecule has 9 heteroatoms. The van der Waals surface area contributed by atoms with Crippen LogP contribution in [0.3, 0.4) is 0 Å². The van der Waals surface area contributed by atoms with Crippen molar-refractivity contribution >= 4 is 11.8 Å². The van der Waals surface area contributed by atoms with E-state index in [1.54, 1.807) is 38.6 Å². The summed E-state index contributed by atoms with van der Waals surface area (Å²) in [6.07, 6.45) is 7.32. The number of amides is 2. The lowest BCUT2D eigenvalue weighted by atomic mass is 9.91. The number of aromatic nitrogens is 3. The second kappa shape index (κ2) is 9.36. The first-order chi connectivity index (χ1) is 15.1. The first-order valence-electron chi connectivity index (χ1n) is 10.8. The molecule has 2 aromatic rings. The fourth-order valence-corrected chi connectivity index (χ4v) is 4.37. The summed E-state index contributed by atoms with van der Waals surface area (Å²) in [5.74, 6) is 0.975. The second-order valence-electron chi connectivity index (χ2n) is 8.13. The van der Waals surface area contributed by atoms with Crippen molar-refractivity contribution in [2.45, 2.75) is 50.6 Å². The molecule has 1 N–H and O–H groups in total. The van der Waals surface area contributed by atoms with Crippen LogP contribution >= 0.6 is 0 Å². The summed E-state index contributed by atoms with van der Waals surface area (Å²) in [4.78, 5) is 27.0. The summed E-state index contributed by atoms with van der Waals surface area (Å²) in [7, 11) is 3.12. The molecule has 0 spiro atoms. The number of hydrogen-bond donors (Lipinski definition) is 1. The van der Waals surface area contributed by atoms with Gasteiger partial charge in [-0.2, -0.15) is 0 Å². The van der Waals surface area contributed by atoms with E-state index >= 15 is 0 Å². The molecule has 0 unspecified atom stereocenters. The van der Waals surface area contributed by atoms with Crippen LogP contribution in [0, 0.1) is 0 Å². The van der Waals surface area contributed by atoms with Gasteiger partial charge in [0.05, 0.1) is 26.5 Å². The highest BCUT2D eigenvalue weighted by Crippen LogP contribution is 2.30. The SMILES string of the molecule is COc1ccc(C(=O)NC2CCC(n3cc(C(=O)N4CCCC4)nn3)CC2)cc1OC. The average molecular weight is 428 g/mol. The summed E-state index contributed by atoms with van der Waals surface area (Å²) in [6, 6.07) is 5.45. The van der Waals surface area contributed by atoms with Crippen molar-refractivity contribution in [2.75, 3.05) is 27.3 Å². The third-order valence-electron chi connectivity index (χ3n) is 6.17. The van der Waals surface area contributed by atoms with Gasteiger partial charge in [-0.1, -0.05) is 5.21 Å². The Balaban J connectivity index is 1.31. The van der Waals surface area contributed by atoms with Crippen LogP contribution in [0.4, 0.5) is 0 Å². The zero-order valence-electron chi connectivity index (χ0n) is 18.0. The first kappa shape index (κ1) is 21.1. The number of nitrogens with zero attached hydrogens (tertiary/aromatic N) is 4. The zero-order chi connectivity index (χ0) is 21.8. The van der Waals surface area contributed by atoms with E-state index in [2.05, 4.69) is 15.6 Å². The maximum atomic E-state index is 12.7. The van der Waals surface area contributed by atoms with Gasteiger partial charge in [0, 0.05) is 24.7 Å². The molecule has 2 fully saturated rings. The van der Waals surface area contributed by atoms with Crippen LogP contribution in [0.1, 0.15) is 65.4 Å². The molecule has 1 saturated carbocycles. The molecule has 1 saturated heterocycles. The Morgan fingerprint density at radius 2 is 1.74 bits per heavy atom. The molecule has 4 rings (SSSR count). The number of carbonyl (C=O) groups excluding carboxylic acids is 2. The molecule has 1 aliphatic carbocycles. The van der Waals surface area contributed by atoms with Crippen molar-refractivity contribution in [1.82, 2.24) is 25.2 Å². The lowest BCUT2D eigenvalue weighted by Gasteiger charge is -2.29. The molecule has 1 aromatic heterocycles. The maximum Gasteiger partial charge on any atom is 0.276 e. The van der Waals surface area contributed by atoms with Crippen LogP contribution in [0.2, 0.25) is 0 Å². The van der Waals surface area contributed by atoms with E-state index in [0.717, 1.165) is 51.6 Å². The molecule has 0 bridgehead atoms. The van der Waals surface area contributed by atoms with Gasteiger partial charge in [0.25, 0.3) is 11.8 Å². The molecular weight excluding hydrogens is 398 g/mol. The van der Waals surface area contributed by atoms with Crippen molar-refractivity contribution in [2.24, 2.45) is 0 Å². The van der Waals surface area contributed by atoms with E-state index in [-0.39, 0.29) is 23.9 Å². The standard InChI is InChI=1S/C22H29N5O4/c1-30-19-10-5-15(13-20(19)31-2)21(28)23-16-6-8-17(9-7-16)27-14-18(24-25-27)22(29)26-11-3-4-12-26/h5,10,13-14,16-17H,3-4,6-9,11-12H2,1-2H3,(H,23,28). The summed E-state index contributed by atoms with van der Waals surface area (Å²) in [6.45, 7) is 1.60. The Labute approximate surface area is 181 Å². The third-order valence-corrected chi connectivity index (χ3v) is 6.17. The van der Waals surface area contributed by atoms with Gasteiger partial charge in [0.2, 0.25) is 0 Å². The highest BCUT2D eigenvalue weighted by atomic mass is 16.5. The minimum Gasteiger partial charge on any atom is -0.493 e. The van der Waals surface area contributed by atoms with E-state index in [0.29, 0.717) is 22.8 Å². The molecule has 0 atom stereocenters. The minimum absolute atomic E-state index is 0.0281. The van der Waals surface area contributed by atoms with Crippen molar-refractivity contribution in [3.8, 4) is 11.5 Å². The van der Waals surface area contributed by atoms with E-state index in [9.17, 15) is 9.59 Å². The van der Waals surface area contributed by atoms with Gasteiger partial charge in [-0.3, -0.25) is 9.59 Å². The molecule has 31 heavy (non-hydrogen) atoms. The minimum atomic E-state index is -0.122. The van der Waals surface area contributed by atoms with Crippen LogP contribution in [-0.2, 0) is 0 Å². The Morgan fingerprint density at radius 3 is 2.42 bits per heavy atom. The Hall–Kier alpha value is -3.10. The van der Waals surface area contributed by atoms with Gasteiger partial charge in [0.1, 0.15) is 0 Å². The number of carbonyl (C=O) groups is 2. The fourth-order valence-electron chi connectivity index (χ4n) is 4.37. The predicted molar refractivity (Wildman–Crippen MR) is 113 cm³/mol. The fraction of sp³-hybridized carbons (Fsp3) is 0.545. The summed E-state index contributed by atoms with van der Waals surface area (Å²) >= 11 is 0. The molecule has 2 aliphatic rings. The van der Waals surface area contributed by atoms with E-state index < -0.39 is 0 Å². The van der Waals surface area contributed by atoms with Gasteiger partial charge in [-0.25, -0.2) is 4.68 Å². The predicted octanol–water partition coefficient (Wildman–Crippen LogP) is 2.45. The van der Waals surface area contributed by atoms with Crippen molar-refractivity contribution < 1.29 is 19.1 Å². The van der Waals surface area contributed by atoms with Crippen LogP contribution < -0.4 is 14.8 Å². The lowest BCUT2D eigenvalue weighted by Crippen LogP contribution is -2.38. The molecule has 2 amide bonds. The van der Waals surface area contributed by atoms with Crippen LogP contribution in [0.15, 0.2) is 24.4 Å². The lowest BCUT2D eigenvalue weighted by molar-refractivity contribution is 0.0786. The second-order valence-corrected chi connectivity index (χ2v) is 8.13. The highest BCUT2D eigenvalue weighted by Gasteiger charge is 2.27. The maximum absolute atomic E-state index is 12.7. The van der Waals surface area contributed by atoms with Gasteiger partial charge in [-0.15, -0.1) is 5.10 Å². The van der Waals surface area contributed by atoms with Gasteiger partial charge in [-0.05, 0) is 56.7 Å². The van der Waals surface area contributed by atoms with Crippen molar-refractivity contribution in [3.05, 3.63) is 35.7 Å². The quantitative estimate of drug-likeness (QED) is 0.760. The molecule has 9 nitrogen and oxygen atoms in total. The van der Waals surface area contributed by atoms with Crippen molar-refractivity contribution in [1.29, 1.82) is 0 Å². The summed E-state index contributed by atoms with van der Waals surface area (Å²) < 4.78 is 12.3. The van der Waals surface area contributed by atoms with Gasteiger partial charge < -0.3 is 19.7 Å². The number of likely N-dealkylation sites (tertiary alicyclic amines) is 1. The number of nitrogens with one attached hydrogen (secondary N) is 1. The molecule has 2 heterocycles. The number of hydrogen-bond acceptors (Lipinski definition) is 6. The molecule has 1 aromatic carbocycles. The largest absolute Gasteiger partial charge is 0.493 e. The van der Waals surface area contributed by atoms with E-state index in [4.69, 9.17) is 9.47 Å². The van der Waals surface area contributed by atoms with E-state index in [1.165, 1.54) is 0 Å². The number of methoxy groups -OCH3 is 2. The first-order valence-corrected chi connectivity index (χ1v) is 10.8. The summed E-state index contributed by atoms with van der Waals surface area (Å²) in [5, 5.41) is 11.4. The molecule has 166 valence electrons. The monoisotopic (exact) mass is 427 g/mol. The average Bonchev–Trinajstić information content (AvgIpc) is 3.51. The van der Waals surface area contributed by atoms with Crippen molar-refractivity contribution in [3.63, 3.8) is 0 Å². The smallest absolute Gasteiger partial charge is 0.276 e. The van der Waals surface area contributed by atoms with E-state index in [1.807, 2.05) is 9.58 Å². The van der Waals surface area contributed by atoms with Gasteiger partial charge in [0.15, 0.2) is 17.2 Å².